The van der Waals surface area contributed by atoms with Crippen LogP contribution in [0.4, 0.5) is 5.69 Å². The third kappa shape index (κ3) is 2.95. The second-order valence-electron chi connectivity index (χ2n) is 7.00. The van der Waals surface area contributed by atoms with Crippen molar-refractivity contribution < 1.29 is 4.74 Å². The molecular formula is C19H27N3O. The number of benzene rings is 1. The minimum absolute atomic E-state index is 0.167. The van der Waals surface area contributed by atoms with Gasteiger partial charge in [0.05, 0.1) is 18.9 Å². The zero-order valence-corrected chi connectivity index (χ0v) is 13.9. The van der Waals surface area contributed by atoms with Crippen molar-refractivity contribution in [1.29, 1.82) is 0 Å². The first-order valence-corrected chi connectivity index (χ1v) is 9.07. The Hall–Kier alpha value is -1.23. The van der Waals surface area contributed by atoms with E-state index in [4.69, 9.17) is 9.73 Å². The Balaban J connectivity index is 1.46. The number of aliphatic imine (C=N–C) groups is 1. The molecule has 3 aliphatic heterocycles. The summed E-state index contributed by atoms with van der Waals surface area (Å²) >= 11 is 0. The number of rotatable bonds is 4. The van der Waals surface area contributed by atoms with Gasteiger partial charge < -0.3 is 10.1 Å². The molecule has 0 amide bonds. The highest BCUT2D eigenvalue weighted by Crippen LogP contribution is 2.45. The molecule has 4 rings (SSSR count). The average Bonchev–Trinajstić information content (AvgIpc) is 2.90. The summed E-state index contributed by atoms with van der Waals surface area (Å²) in [6, 6.07) is 8.76. The highest BCUT2D eigenvalue weighted by atomic mass is 16.5. The number of nitrogens with one attached hydrogen (secondary N) is 1. The number of fused-ring (bicyclic) bond motifs is 2. The molecule has 0 saturated carbocycles. The molecule has 1 aromatic rings. The molecule has 2 saturated heterocycles. The lowest BCUT2D eigenvalue weighted by molar-refractivity contribution is 0.0376. The lowest BCUT2D eigenvalue weighted by Crippen LogP contribution is -2.47. The normalized spacial score (nSPS) is 27.9. The number of morpholine rings is 1. The molecule has 23 heavy (non-hydrogen) atoms. The predicted molar refractivity (Wildman–Crippen MR) is 93.8 cm³/mol. The summed E-state index contributed by atoms with van der Waals surface area (Å²) in [6.45, 7) is 7.31. The SMILES string of the molecule is c1ccc2c(c1)N=C(CCCN1CCOCC1)C21CCCNC1. The molecule has 1 aromatic carbocycles. The van der Waals surface area contributed by atoms with Crippen LogP contribution in [0.25, 0.3) is 0 Å². The molecule has 3 heterocycles. The number of hydrogen-bond donors (Lipinski definition) is 1. The van der Waals surface area contributed by atoms with Crippen LogP contribution in [0, 0.1) is 0 Å². The van der Waals surface area contributed by atoms with Crippen LogP contribution in [-0.2, 0) is 10.2 Å². The zero-order valence-electron chi connectivity index (χ0n) is 13.9. The molecule has 0 aliphatic carbocycles. The van der Waals surface area contributed by atoms with Crippen molar-refractivity contribution >= 4 is 11.4 Å². The molecule has 1 spiro atoms. The van der Waals surface area contributed by atoms with Gasteiger partial charge in [-0.3, -0.25) is 9.89 Å². The molecule has 2 fully saturated rings. The molecule has 1 N–H and O–H groups in total. The molecule has 4 nitrogen and oxygen atoms in total. The van der Waals surface area contributed by atoms with Gasteiger partial charge >= 0.3 is 0 Å². The van der Waals surface area contributed by atoms with Crippen LogP contribution in [0.1, 0.15) is 31.2 Å². The second-order valence-corrected chi connectivity index (χ2v) is 7.00. The summed E-state index contributed by atoms with van der Waals surface area (Å²) in [5, 5.41) is 3.62. The van der Waals surface area contributed by atoms with Gasteiger partial charge in [-0.15, -0.1) is 0 Å². The van der Waals surface area contributed by atoms with Crippen LogP contribution in [0.5, 0.6) is 0 Å². The van der Waals surface area contributed by atoms with Crippen molar-refractivity contribution in [2.24, 2.45) is 4.99 Å². The van der Waals surface area contributed by atoms with E-state index < -0.39 is 0 Å². The quantitative estimate of drug-likeness (QED) is 0.928. The highest BCUT2D eigenvalue weighted by Gasteiger charge is 2.43. The van der Waals surface area contributed by atoms with Gasteiger partial charge in [-0.2, -0.15) is 0 Å². The van der Waals surface area contributed by atoms with Crippen LogP contribution in [0.2, 0.25) is 0 Å². The minimum atomic E-state index is 0.167. The van der Waals surface area contributed by atoms with Gasteiger partial charge in [0.1, 0.15) is 0 Å². The molecule has 0 bridgehead atoms. The first kappa shape index (κ1) is 15.3. The predicted octanol–water partition coefficient (Wildman–Crippen LogP) is 2.51. The fraction of sp³-hybridized carbons (Fsp3) is 0.632. The Kier molecular flexibility index (Phi) is 4.47. The molecule has 4 heteroatoms. The van der Waals surface area contributed by atoms with Gasteiger partial charge in [-0.25, -0.2) is 0 Å². The average molecular weight is 313 g/mol. The van der Waals surface area contributed by atoms with Crippen LogP contribution < -0.4 is 5.32 Å². The zero-order chi connectivity index (χ0) is 15.5. The monoisotopic (exact) mass is 313 g/mol. The van der Waals surface area contributed by atoms with E-state index in [2.05, 4.69) is 34.5 Å². The molecule has 3 aliphatic rings. The molecule has 0 radical (unpaired) electrons. The van der Waals surface area contributed by atoms with Crippen LogP contribution in [0.3, 0.4) is 0 Å². The van der Waals surface area contributed by atoms with Crippen molar-refractivity contribution in [3.63, 3.8) is 0 Å². The third-order valence-corrected chi connectivity index (χ3v) is 5.60. The molecule has 124 valence electrons. The Morgan fingerprint density at radius 1 is 1.22 bits per heavy atom. The maximum atomic E-state index is 5.44. The van der Waals surface area contributed by atoms with Gasteiger partial charge in [0.25, 0.3) is 0 Å². The number of nitrogens with zero attached hydrogens (tertiary/aromatic N) is 2. The van der Waals surface area contributed by atoms with E-state index in [1.54, 1.807) is 0 Å². The van der Waals surface area contributed by atoms with Crippen LogP contribution in [0.15, 0.2) is 29.3 Å². The fourth-order valence-electron chi connectivity index (χ4n) is 4.36. The van der Waals surface area contributed by atoms with E-state index in [1.807, 2.05) is 0 Å². The van der Waals surface area contributed by atoms with Crippen LogP contribution in [-0.4, -0.2) is 56.5 Å². The fourth-order valence-corrected chi connectivity index (χ4v) is 4.36. The Labute approximate surface area is 138 Å². The molecule has 1 unspecified atom stereocenters. The standard InChI is InChI=1S/C19H27N3O/c1-2-6-17-16(5-1)19(8-4-9-20-15-19)18(21-17)7-3-10-22-11-13-23-14-12-22/h1-2,5-6,20H,3-4,7-15H2. The molecule has 1 atom stereocenters. The van der Waals surface area contributed by atoms with Gasteiger partial charge in [-0.1, -0.05) is 18.2 Å². The first-order valence-electron chi connectivity index (χ1n) is 9.07. The molecular weight excluding hydrogens is 286 g/mol. The summed E-state index contributed by atoms with van der Waals surface area (Å²) in [5.74, 6) is 0. The van der Waals surface area contributed by atoms with Crippen molar-refractivity contribution in [2.45, 2.75) is 31.1 Å². The third-order valence-electron chi connectivity index (χ3n) is 5.60. The van der Waals surface area contributed by atoms with E-state index in [1.165, 1.54) is 42.8 Å². The van der Waals surface area contributed by atoms with Crippen molar-refractivity contribution in [3.05, 3.63) is 29.8 Å². The van der Waals surface area contributed by atoms with Gasteiger partial charge in [0, 0.05) is 30.8 Å². The number of para-hydroxylation sites is 1. The van der Waals surface area contributed by atoms with E-state index in [-0.39, 0.29) is 5.41 Å². The van der Waals surface area contributed by atoms with Gasteiger partial charge in [-0.05, 0) is 50.4 Å². The summed E-state index contributed by atoms with van der Waals surface area (Å²) in [5.41, 5.74) is 4.24. The second kappa shape index (κ2) is 6.71. The lowest BCUT2D eigenvalue weighted by atomic mass is 9.71. The van der Waals surface area contributed by atoms with E-state index in [0.29, 0.717) is 0 Å². The van der Waals surface area contributed by atoms with E-state index >= 15 is 0 Å². The largest absolute Gasteiger partial charge is 0.379 e. The first-order chi connectivity index (χ1) is 11.4. The van der Waals surface area contributed by atoms with Gasteiger partial charge in [0.2, 0.25) is 0 Å². The summed E-state index contributed by atoms with van der Waals surface area (Å²) in [6.07, 6.45) is 4.81. The smallest absolute Gasteiger partial charge is 0.0671 e. The summed E-state index contributed by atoms with van der Waals surface area (Å²) < 4.78 is 5.44. The van der Waals surface area contributed by atoms with Crippen molar-refractivity contribution in [1.82, 2.24) is 10.2 Å². The van der Waals surface area contributed by atoms with E-state index in [9.17, 15) is 0 Å². The summed E-state index contributed by atoms with van der Waals surface area (Å²) in [7, 11) is 0. The van der Waals surface area contributed by atoms with Crippen molar-refractivity contribution in [3.8, 4) is 0 Å². The lowest BCUT2D eigenvalue weighted by Gasteiger charge is -2.36. The maximum Gasteiger partial charge on any atom is 0.0671 e. The van der Waals surface area contributed by atoms with Crippen molar-refractivity contribution in [2.75, 3.05) is 45.9 Å². The number of ether oxygens (including phenoxy) is 1. The molecule has 0 aromatic heterocycles. The Bertz CT molecular complexity index is 572. The Morgan fingerprint density at radius 3 is 2.91 bits per heavy atom. The minimum Gasteiger partial charge on any atom is -0.379 e. The summed E-state index contributed by atoms with van der Waals surface area (Å²) in [4.78, 5) is 7.57. The van der Waals surface area contributed by atoms with Crippen LogP contribution >= 0.6 is 0 Å². The topological polar surface area (TPSA) is 36.9 Å². The highest BCUT2D eigenvalue weighted by molar-refractivity contribution is 6.02. The van der Waals surface area contributed by atoms with Gasteiger partial charge in [0.15, 0.2) is 0 Å². The number of hydrogen-bond acceptors (Lipinski definition) is 4. The number of piperidine rings is 1. The maximum absolute atomic E-state index is 5.44. The Morgan fingerprint density at radius 2 is 2.09 bits per heavy atom. The van der Waals surface area contributed by atoms with E-state index in [0.717, 1.165) is 45.8 Å².